The number of urea groups is 1. The van der Waals surface area contributed by atoms with Gasteiger partial charge in [0.15, 0.2) is 0 Å². The maximum atomic E-state index is 13.3. The first-order valence-corrected chi connectivity index (χ1v) is 10.3. The van der Waals surface area contributed by atoms with Crippen molar-refractivity contribution in [2.45, 2.75) is 18.5 Å². The van der Waals surface area contributed by atoms with Gasteiger partial charge >= 0.3 is 6.03 Å². The van der Waals surface area contributed by atoms with Gasteiger partial charge in [-0.2, -0.15) is 0 Å². The van der Waals surface area contributed by atoms with Crippen LogP contribution in [-0.4, -0.2) is 53.0 Å². The van der Waals surface area contributed by atoms with Crippen LogP contribution in [0, 0.1) is 0 Å². The summed E-state index contributed by atoms with van der Waals surface area (Å²) in [5.74, 6) is -0.320. The van der Waals surface area contributed by atoms with Crippen LogP contribution in [0.2, 0.25) is 0 Å². The lowest BCUT2D eigenvalue weighted by Crippen LogP contribution is -2.44. The summed E-state index contributed by atoms with van der Waals surface area (Å²) in [5.41, 5.74) is 2.59. The van der Waals surface area contributed by atoms with Crippen molar-refractivity contribution >= 4 is 35.7 Å². The van der Waals surface area contributed by atoms with Gasteiger partial charge in [-0.15, -0.1) is 6.58 Å². The first-order chi connectivity index (χ1) is 15.4. The minimum absolute atomic E-state index is 0.194. The van der Waals surface area contributed by atoms with E-state index in [0.717, 1.165) is 11.1 Å². The summed E-state index contributed by atoms with van der Waals surface area (Å²) in [5, 5.41) is 17.7. The lowest BCUT2D eigenvalue weighted by atomic mass is 10.1. The Morgan fingerprint density at radius 3 is 2.62 bits per heavy atom. The van der Waals surface area contributed by atoms with Crippen LogP contribution in [0.25, 0.3) is 12.2 Å². The third-order valence-corrected chi connectivity index (χ3v) is 5.50. The summed E-state index contributed by atoms with van der Waals surface area (Å²) in [6, 6.07) is 10.8. The Bertz CT molecular complexity index is 1090. The Morgan fingerprint density at radius 2 is 1.88 bits per heavy atom. The molecule has 0 radical (unpaired) electrons. The number of amides is 4. The monoisotopic (exact) mass is 432 g/mol. The maximum absolute atomic E-state index is 13.3. The van der Waals surface area contributed by atoms with Crippen molar-refractivity contribution in [2.24, 2.45) is 0 Å². The van der Waals surface area contributed by atoms with Gasteiger partial charge in [0.2, 0.25) is 5.91 Å². The van der Waals surface area contributed by atoms with Gasteiger partial charge in [-0.3, -0.25) is 9.59 Å². The second-order valence-corrected chi connectivity index (χ2v) is 7.77. The van der Waals surface area contributed by atoms with Gasteiger partial charge < -0.3 is 26.0 Å². The first-order valence-electron chi connectivity index (χ1n) is 10.3. The molecule has 32 heavy (non-hydrogen) atoms. The fourth-order valence-corrected chi connectivity index (χ4v) is 3.91. The second-order valence-electron chi connectivity index (χ2n) is 7.77. The van der Waals surface area contributed by atoms with Crippen molar-refractivity contribution in [3.8, 4) is 5.75 Å². The summed E-state index contributed by atoms with van der Waals surface area (Å²) in [4.78, 5) is 39.5. The van der Waals surface area contributed by atoms with E-state index in [9.17, 15) is 19.5 Å². The SMILES string of the molecule is C=CCNC(=O)NC1CC2C(=O)Nc3ccc(C=Cc4ccc(O)cc4)cc3C(=O)N2C1. The molecule has 2 heterocycles. The molecule has 2 aromatic rings. The number of anilines is 1. The fourth-order valence-electron chi connectivity index (χ4n) is 3.91. The minimum atomic E-state index is -0.643. The molecule has 1 saturated heterocycles. The standard InChI is InChI=1S/C24H24N4O4/c1-2-11-25-24(32)26-17-13-21-22(30)27-20-10-7-16(12-19(20)23(31)28(21)14-17)4-3-15-5-8-18(29)9-6-15/h2-10,12,17,21,29H,1,11,13-14H2,(H,27,30)(H2,25,26,32). The van der Waals surface area contributed by atoms with Gasteiger partial charge in [-0.25, -0.2) is 4.79 Å². The molecule has 0 aromatic heterocycles. The molecule has 2 aliphatic heterocycles. The lowest BCUT2D eigenvalue weighted by molar-refractivity contribution is -0.119. The quantitative estimate of drug-likeness (QED) is 0.430. The van der Waals surface area contributed by atoms with Crippen molar-refractivity contribution < 1.29 is 19.5 Å². The summed E-state index contributed by atoms with van der Waals surface area (Å²) in [6.45, 7) is 4.14. The smallest absolute Gasteiger partial charge is 0.315 e. The van der Waals surface area contributed by atoms with Crippen LogP contribution in [0.4, 0.5) is 10.5 Å². The zero-order chi connectivity index (χ0) is 22.7. The highest BCUT2D eigenvalue weighted by Gasteiger charge is 2.43. The Morgan fingerprint density at radius 1 is 1.16 bits per heavy atom. The second kappa shape index (κ2) is 8.97. The van der Waals surface area contributed by atoms with Crippen LogP contribution in [0.3, 0.4) is 0 Å². The van der Waals surface area contributed by atoms with Gasteiger partial charge in [0.1, 0.15) is 11.8 Å². The van der Waals surface area contributed by atoms with Gasteiger partial charge in [0, 0.05) is 13.1 Å². The number of hydrogen-bond donors (Lipinski definition) is 4. The molecule has 0 saturated carbocycles. The van der Waals surface area contributed by atoms with Gasteiger partial charge in [0.05, 0.1) is 17.3 Å². The van der Waals surface area contributed by atoms with E-state index in [4.69, 9.17) is 0 Å². The molecule has 4 N–H and O–H groups in total. The van der Waals surface area contributed by atoms with E-state index in [1.165, 1.54) is 4.90 Å². The van der Waals surface area contributed by atoms with Crippen LogP contribution in [-0.2, 0) is 4.79 Å². The normalized spacial score (nSPS) is 19.7. The highest BCUT2D eigenvalue weighted by atomic mass is 16.3. The summed E-state index contributed by atoms with van der Waals surface area (Å²) >= 11 is 0. The number of benzene rings is 2. The number of nitrogens with one attached hydrogen (secondary N) is 3. The Labute approximate surface area is 185 Å². The number of hydrogen-bond acceptors (Lipinski definition) is 4. The van der Waals surface area contributed by atoms with Crippen LogP contribution in [0.1, 0.15) is 27.9 Å². The number of phenols is 1. The van der Waals surface area contributed by atoms with Crippen LogP contribution < -0.4 is 16.0 Å². The van der Waals surface area contributed by atoms with Crippen LogP contribution in [0.5, 0.6) is 5.75 Å². The molecule has 0 spiro atoms. The Hall–Kier alpha value is -4.07. The third-order valence-electron chi connectivity index (χ3n) is 5.50. The third kappa shape index (κ3) is 4.49. The molecule has 4 rings (SSSR count). The average molecular weight is 432 g/mol. The molecular weight excluding hydrogens is 408 g/mol. The van der Waals surface area contributed by atoms with E-state index in [2.05, 4.69) is 22.5 Å². The molecule has 0 aliphatic carbocycles. The van der Waals surface area contributed by atoms with E-state index in [-0.39, 0.29) is 36.2 Å². The predicted molar refractivity (Wildman–Crippen MR) is 122 cm³/mol. The van der Waals surface area contributed by atoms with Crippen LogP contribution in [0.15, 0.2) is 55.1 Å². The van der Waals surface area contributed by atoms with E-state index < -0.39 is 6.04 Å². The highest BCUT2D eigenvalue weighted by Crippen LogP contribution is 2.30. The molecule has 1 fully saturated rings. The molecule has 8 nitrogen and oxygen atoms in total. The number of rotatable bonds is 5. The predicted octanol–water partition coefficient (Wildman–Crippen LogP) is 2.58. The molecule has 2 atom stereocenters. The molecule has 8 heteroatoms. The molecular formula is C24H24N4O4. The molecule has 2 aromatic carbocycles. The first kappa shape index (κ1) is 21.2. The Kier molecular flexibility index (Phi) is 5.93. The van der Waals surface area contributed by atoms with E-state index >= 15 is 0 Å². The summed E-state index contributed by atoms with van der Waals surface area (Å²) < 4.78 is 0. The van der Waals surface area contributed by atoms with Gasteiger partial charge in [-0.1, -0.05) is 36.4 Å². The van der Waals surface area contributed by atoms with Gasteiger partial charge in [-0.05, 0) is 41.8 Å². The fraction of sp³-hybridized carbons (Fsp3) is 0.208. The van der Waals surface area contributed by atoms with E-state index in [1.807, 2.05) is 18.2 Å². The number of carbonyl (C=O) groups is 3. The molecule has 2 aliphatic rings. The number of carbonyl (C=O) groups excluding carboxylic acids is 3. The van der Waals surface area contributed by atoms with E-state index in [0.29, 0.717) is 24.2 Å². The molecule has 2 unspecified atom stereocenters. The van der Waals surface area contributed by atoms with Crippen molar-refractivity contribution in [3.63, 3.8) is 0 Å². The lowest BCUT2D eigenvalue weighted by Gasteiger charge is -2.20. The van der Waals surface area contributed by atoms with Crippen molar-refractivity contribution in [1.29, 1.82) is 0 Å². The molecule has 0 bridgehead atoms. The maximum Gasteiger partial charge on any atom is 0.315 e. The number of fused-ring (bicyclic) bond motifs is 2. The Balaban J connectivity index is 1.52. The average Bonchev–Trinajstić information content (AvgIpc) is 3.17. The number of nitrogens with zero attached hydrogens (tertiary/aromatic N) is 1. The van der Waals surface area contributed by atoms with E-state index in [1.54, 1.807) is 42.5 Å². The van der Waals surface area contributed by atoms with Gasteiger partial charge in [0.25, 0.3) is 5.91 Å². The highest BCUT2D eigenvalue weighted by molar-refractivity contribution is 6.10. The molecule has 4 amide bonds. The summed E-state index contributed by atoms with van der Waals surface area (Å²) in [6.07, 6.45) is 5.66. The topological polar surface area (TPSA) is 111 Å². The van der Waals surface area contributed by atoms with Crippen molar-refractivity contribution in [1.82, 2.24) is 15.5 Å². The largest absolute Gasteiger partial charge is 0.508 e. The minimum Gasteiger partial charge on any atom is -0.508 e. The number of aromatic hydroxyl groups is 1. The zero-order valence-corrected chi connectivity index (χ0v) is 17.4. The number of phenolic OH excluding ortho intramolecular Hbond substituents is 1. The summed E-state index contributed by atoms with van der Waals surface area (Å²) in [7, 11) is 0. The van der Waals surface area contributed by atoms with Crippen molar-refractivity contribution in [3.05, 3.63) is 71.8 Å². The zero-order valence-electron chi connectivity index (χ0n) is 17.4. The van der Waals surface area contributed by atoms with Crippen LogP contribution >= 0.6 is 0 Å². The van der Waals surface area contributed by atoms with Crippen molar-refractivity contribution in [2.75, 3.05) is 18.4 Å². The molecule has 164 valence electrons.